The van der Waals surface area contributed by atoms with Crippen LogP contribution in [0.1, 0.15) is 37.9 Å². The molecular formula is C34H32ClF2N5O4. The number of fused-ring (bicyclic) bond motifs is 5. The van der Waals surface area contributed by atoms with Gasteiger partial charge in [-0.3, -0.25) is 23.9 Å². The Morgan fingerprint density at radius 3 is 2.48 bits per heavy atom. The minimum absolute atomic E-state index is 0.000591. The van der Waals surface area contributed by atoms with Crippen molar-refractivity contribution in [2.75, 3.05) is 29.9 Å². The molecule has 4 heterocycles. The highest BCUT2D eigenvalue weighted by atomic mass is 35.5. The molecule has 1 N–H and O–H groups in total. The normalized spacial score (nSPS) is 17.8. The van der Waals surface area contributed by atoms with Crippen LogP contribution < -0.4 is 15.4 Å². The number of phenolic OH excluding ortho intramolecular Hbond substituents is 1. The van der Waals surface area contributed by atoms with Crippen molar-refractivity contribution in [3.63, 3.8) is 0 Å². The van der Waals surface area contributed by atoms with Gasteiger partial charge in [0.1, 0.15) is 29.1 Å². The number of hydrogen-bond acceptors (Lipinski definition) is 6. The van der Waals surface area contributed by atoms with Crippen LogP contribution in [0.15, 0.2) is 54.0 Å². The maximum atomic E-state index is 16.4. The number of aryl methyl sites for hydroxylation is 1. The second-order valence-corrected chi connectivity index (χ2v) is 12.4. The molecule has 6 rings (SSSR count). The smallest absolute Gasteiger partial charge is 0.281 e. The molecule has 0 saturated carbocycles. The average Bonchev–Trinajstić information content (AvgIpc) is 3.00. The van der Waals surface area contributed by atoms with Gasteiger partial charge in [0.25, 0.3) is 11.5 Å². The molecule has 4 aromatic rings. The molecular weight excluding hydrogens is 616 g/mol. The number of aromatic nitrogens is 2. The lowest BCUT2D eigenvalue weighted by molar-refractivity contribution is -0.130. The van der Waals surface area contributed by atoms with Gasteiger partial charge in [0.2, 0.25) is 5.91 Å². The molecule has 2 atom stereocenters. The Morgan fingerprint density at radius 1 is 1.11 bits per heavy atom. The highest BCUT2D eigenvalue weighted by molar-refractivity contribution is 6.39. The number of carbonyl (C=O) groups excluding carboxylic acids is 2. The Labute approximate surface area is 268 Å². The minimum Gasteiger partial charge on any atom is -0.507 e. The number of amides is 2. The molecule has 0 aliphatic carbocycles. The number of anilines is 2. The molecule has 9 nitrogen and oxygen atoms in total. The Bertz CT molecular complexity index is 2020. The number of hydrogen-bond donors (Lipinski definition) is 1. The first-order valence-electron chi connectivity index (χ1n) is 14.8. The van der Waals surface area contributed by atoms with Crippen LogP contribution in [0.5, 0.6) is 5.75 Å². The second kappa shape index (κ2) is 11.2. The van der Waals surface area contributed by atoms with Crippen molar-refractivity contribution < 1.29 is 23.5 Å². The van der Waals surface area contributed by atoms with Gasteiger partial charge < -0.3 is 19.8 Å². The van der Waals surface area contributed by atoms with Crippen molar-refractivity contribution in [3.05, 3.63) is 87.5 Å². The Morgan fingerprint density at radius 2 is 1.83 bits per heavy atom. The summed E-state index contributed by atoms with van der Waals surface area (Å²) in [6, 6.07) is 5.18. The summed E-state index contributed by atoms with van der Waals surface area (Å²) in [6.45, 7) is 11.2. The molecule has 2 unspecified atom stereocenters. The van der Waals surface area contributed by atoms with E-state index >= 15 is 8.78 Å². The molecule has 0 spiro atoms. The highest BCUT2D eigenvalue weighted by Crippen LogP contribution is 2.48. The Balaban J connectivity index is 1.80. The van der Waals surface area contributed by atoms with Gasteiger partial charge in [-0.25, -0.2) is 8.78 Å². The summed E-state index contributed by atoms with van der Waals surface area (Å²) in [6.07, 6.45) is 2.80. The third kappa shape index (κ3) is 4.47. The second-order valence-electron chi connectivity index (χ2n) is 12.0. The van der Waals surface area contributed by atoms with Crippen LogP contribution in [0.3, 0.4) is 0 Å². The molecule has 0 bridgehead atoms. The maximum absolute atomic E-state index is 16.4. The van der Waals surface area contributed by atoms with Gasteiger partial charge in [-0.15, -0.1) is 0 Å². The number of phenols is 1. The van der Waals surface area contributed by atoms with Gasteiger partial charge in [-0.05, 0) is 55.7 Å². The van der Waals surface area contributed by atoms with Gasteiger partial charge in [0.15, 0.2) is 0 Å². The molecule has 2 aromatic carbocycles. The van der Waals surface area contributed by atoms with Crippen LogP contribution in [0, 0.1) is 18.6 Å². The largest absolute Gasteiger partial charge is 0.507 e. The molecule has 2 amide bonds. The predicted octanol–water partition coefficient (Wildman–Crippen LogP) is 5.69. The Hall–Kier alpha value is -4.77. The van der Waals surface area contributed by atoms with Gasteiger partial charge in [0, 0.05) is 36.8 Å². The first kappa shape index (κ1) is 31.2. The van der Waals surface area contributed by atoms with E-state index < -0.39 is 52.1 Å². The molecule has 1 fully saturated rings. The zero-order valence-electron chi connectivity index (χ0n) is 25.9. The van der Waals surface area contributed by atoms with Gasteiger partial charge in [0.05, 0.1) is 39.7 Å². The lowest BCUT2D eigenvalue weighted by Gasteiger charge is -2.50. The van der Waals surface area contributed by atoms with Crippen LogP contribution in [0.25, 0.3) is 27.7 Å². The number of likely N-dealkylation sites (N-methyl/N-ethyl adjacent to an activating group) is 1. The molecule has 46 heavy (non-hydrogen) atoms. The number of nitrogens with zero attached hydrogens (tertiary/aromatic N) is 5. The van der Waals surface area contributed by atoms with E-state index in [1.54, 1.807) is 24.1 Å². The summed E-state index contributed by atoms with van der Waals surface area (Å²) < 4.78 is 32.9. The van der Waals surface area contributed by atoms with Crippen molar-refractivity contribution in [2.24, 2.45) is 0 Å². The molecule has 238 valence electrons. The van der Waals surface area contributed by atoms with Crippen LogP contribution in [-0.4, -0.2) is 63.6 Å². The topological polar surface area (TPSA) is 99.0 Å². The highest BCUT2D eigenvalue weighted by Gasteiger charge is 2.46. The van der Waals surface area contributed by atoms with E-state index in [4.69, 9.17) is 11.6 Å². The van der Waals surface area contributed by atoms with Crippen molar-refractivity contribution >= 4 is 45.7 Å². The molecule has 2 aliphatic heterocycles. The Kier molecular flexibility index (Phi) is 7.63. The number of benzene rings is 2. The summed E-state index contributed by atoms with van der Waals surface area (Å²) in [7, 11) is 1.47. The lowest BCUT2D eigenvalue weighted by atomic mass is 9.95. The van der Waals surface area contributed by atoms with Crippen molar-refractivity contribution in [1.82, 2.24) is 14.5 Å². The first-order valence-corrected chi connectivity index (χ1v) is 15.2. The summed E-state index contributed by atoms with van der Waals surface area (Å²) in [5, 5.41) is 10.5. The van der Waals surface area contributed by atoms with Gasteiger partial charge in [-0.2, -0.15) is 0 Å². The van der Waals surface area contributed by atoms with Crippen molar-refractivity contribution in [2.45, 2.75) is 45.7 Å². The van der Waals surface area contributed by atoms with E-state index in [1.165, 1.54) is 39.6 Å². The maximum Gasteiger partial charge on any atom is 0.281 e. The van der Waals surface area contributed by atoms with Gasteiger partial charge >= 0.3 is 0 Å². The average molecular weight is 648 g/mol. The van der Waals surface area contributed by atoms with Gasteiger partial charge in [-0.1, -0.05) is 38.1 Å². The van der Waals surface area contributed by atoms with Crippen LogP contribution in [0.4, 0.5) is 20.2 Å². The van der Waals surface area contributed by atoms with E-state index in [1.807, 2.05) is 20.8 Å². The van der Waals surface area contributed by atoms with Crippen molar-refractivity contribution in [1.29, 1.82) is 0 Å². The van der Waals surface area contributed by atoms with E-state index in [9.17, 15) is 19.5 Å². The van der Waals surface area contributed by atoms with Crippen molar-refractivity contribution in [3.8, 4) is 22.6 Å². The van der Waals surface area contributed by atoms with Crippen LogP contribution in [-0.2, 0) is 9.59 Å². The van der Waals surface area contributed by atoms with E-state index in [0.29, 0.717) is 16.9 Å². The van der Waals surface area contributed by atoms with E-state index in [-0.39, 0.29) is 52.2 Å². The minimum atomic E-state index is -0.943. The van der Waals surface area contributed by atoms with E-state index in [0.717, 1.165) is 12.1 Å². The zero-order valence-corrected chi connectivity index (χ0v) is 26.7. The summed E-state index contributed by atoms with van der Waals surface area (Å²) in [5.74, 6) is -3.31. The van der Waals surface area contributed by atoms with E-state index in [2.05, 4.69) is 11.6 Å². The number of piperazine rings is 1. The SMILES string of the molecule is C=CC(=O)N1CC2C(=O)N(C)c3c(c4cc(F)c(-c5c(O)cccc5F)c(Cl)c4n(-c4c(C)ccnc4C(C)C)c3=O)N2CC1C. The fourth-order valence-corrected chi connectivity index (χ4v) is 7.09. The number of halogens is 3. The lowest BCUT2D eigenvalue weighted by Crippen LogP contribution is -2.66. The molecule has 2 aliphatic rings. The predicted molar refractivity (Wildman–Crippen MR) is 174 cm³/mol. The number of aromatic hydroxyl groups is 1. The molecule has 1 saturated heterocycles. The number of carbonyl (C=O) groups is 2. The summed E-state index contributed by atoms with van der Waals surface area (Å²) in [5.41, 5.74) is 0.425. The fraction of sp³-hybridized carbons (Fsp3) is 0.294. The molecule has 0 radical (unpaired) electrons. The monoisotopic (exact) mass is 647 g/mol. The quantitative estimate of drug-likeness (QED) is 0.286. The fourth-order valence-electron chi connectivity index (χ4n) is 6.72. The molecule has 12 heteroatoms. The van der Waals surface area contributed by atoms with Crippen LogP contribution in [0.2, 0.25) is 5.02 Å². The first-order chi connectivity index (χ1) is 21.8. The third-order valence-corrected chi connectivity index (χ3v) is 9.27. The van der Waals surface area contributed by atoms with Crippen LogP contribution >= 0.6 is 11.6 Å². The standard InChI is InChI=1S/C34H32ClF2N5O4/c1-7-24(44)40-15-22-33(45)39(6)32-31(41(22)14-18(40)5)19-13-21(37)26(25-20(36)9-8-10-23(25)43)27(35)30(19)42(34(32)46)29-17(4)11-12-38-28(29)16(2)3/h7-13,16,18,22,43H,1,14-15H2,2-6H3. The zero-order chi connectivity index (χ0) is 33.4. The number of pyridine rings is 2. The molecule has 2 aromatic heterocycles. The third-order valence-electron chi connectivity index (χ3n) is 8.90. The summed E-state index contributed by atoms with van der Waals surface area (Å²) >= 11 is 7.07. The summed E-state index contributed by atoms with van der Waals surface area (Å²) in [4.78, 5) is 50.5. The number of rotatable bonds is 4.